The summed E-state index contributed by atoms with van der Waals surface area (Å²) in [5.74, 6) is 1.73. The Balaban J connectivity index is 1.47. The fraction of sp³-hybridized carbons (Fsp3) is 0.647. The summed E-state index contributed by atoms with van der Waals surface area (Å²) in [6.45, 7) is 5.56. The van der Waals surface area contributed by atoms with Crippen molar-refractivity contribution in [3.05, 3.63) is 24.3 Å². The van der Waals surface area contributed by atoms with Crippen LogP contribution >= 0.6 is 0 Å². The number of hydrogen-bond acceptors (Lipinski definition) is 4. The number of nitrogens with one attached hydrogen (secondary N) is 1. The van der Waals surface area contributed by atoms with E-state index < -0.39 is 0 Å². The lowest BCUT2D eigenvalue weighted by Crippen LogP contribution is -2.29. The van der Waals surface area contributed by atoms with E-state index in [0.717, 1.165) is 24.7 Å². The summed E-state index contributed by atoms with van der Waals surface area (Å²) in [5, 5.41) is 3.53. The second kappa shape index (κ2) is 9.64. The number of ether oxygens (including phenoxy) is 3. The van der Waals surface area contributed by atoms with E-state index in [4.69, 9.17) is 14.2 Å². The second-order valence-corrected chi connectivity index (χ2v) is 5.30. The van der Waals surface area contributed by atoms with Crippen molar-refractivity contribution >= 4 is 0 Å². The van der Waals surface area contributed by atoms with Gasteiger partial charge in [0.05, 0.1) is 19.8 Å². The summed E-state index contributed by atoms with van der Waals surface area (Å²) in [4.78, 5) is 0. The van der Waals surface area contributed by atoms with Gasteiger partial charge in [0.25, 0.3) is 0 Å². The van der Waals surface area contributed by atoms with Crippen LogP contribution in [0.3, 0.4) is 0 Å². The highest BCUT2D eigenvalue weighted by molar-refractivity contribution is 5.31. The number of rotatable bonds is 10. The van der Waals surface area contributed by atoms with Gasteiger partial charge < -0.3 is 19.5 Å². The van der Waals surface area contributed by atoms with E-state index in [2.05, 4.69) is 5.32 Å². The van der Waals surface area contributed by atoms with Gasteiger partial charge in [-0.05, 0) is 44.0 Å². The zero-order valence-electron chi connectivity index (χ0n) is 13.0. The molecule has 0 unspecified atom stereocenters. The molecule has 0 atom stereocenters. The molecule has 1 saturated carbocycles. The highest BCUT2D eigenvalue weighted by Gasteiger charge is 2.13. The molecule has 1 N–H and O–H groups in total. The lowest BCUT2D eigenvalue weighted by Gasteiger charge is -2.12. The zero-order chi connectivity index (χ0) is 14.8. The van der Waals surface area contributed by atoms with E-state index >= 15 is 0 Å². The van der Waals surface area contributed by atoms with Crippen LogP contribution in [-0.2, 0) is 4.74 Å². The lowest BCUT2D eigenvalue weighted by atomic mass is 10.2. The van der Waals surface area contributed by atoms with Crippen molar-refractivity contribution in [1.82, 2.24) is 5.32 Å². The SMILES string of the molecule is CCOc1ccc(OCCOCCNC2CCCC2)cc1. The summed E-state index contributed by atoms with van der Waals surface area (Å²) in [6.07, 6.45) is 5.38. The Morgan fingerprint density at radius 2 is 1.62 bits per heavy atom. The maximum atomic E-state index is 5.62. The second-order valence-electron chi connectivity index (χ2n) is 5.30. The Morgan fingerprint density at radius 1 is 0.952 bits per heavy atom. The molecule has 0 aliphatic heterocycles. The lowest BCUT2D eigenvalue weighted by molar-refractivity contribution is 0.100. The van der Waals surface area contributed by atoms with Crippen LogP contribution < -0.4 is 14.8 Å². The fourth-order valence-electron chi connectivity index (χ4n) is 2.58. The zero-order valence-corrected chi connectivity index (χ0v) is 13.0. The van der Waals surface area contributed by atoms with Gasteiger partial charge in [0.15, 0.2) is 0 Å². The van der Waals surface area contributed by atoms with Crippen LogP contribution in [-0.4, -0.2) is 39.0 Å². The van der Waals surface area contributed by atoms with E-state index in [1.807, 2.05) is 31.2 Å². The number of benzene rings is 1. The molecule has 0 heterocycles. The molecule has 2 rings (SSSR count). The first kappa shape index (κ1) is 16.1. The molecule has 118 valence electrons. The summed E-state index contributed by atoms with van der Waals surface area (Å²) >= 11 is 0. The normalized spacial score (nSPS) is 15.3. The third kappa shape index (κ3) is 6.36. The Bertz CT molecular complexity index is 374. The van der Waals surface area contributed by atoms with Crippen LogP contribution in [0, 0.1) is 0 Å². The van der Waals surface area contributed by atoms with E-state index in [1.165, 1.54) is 25.7 Å². The first-order valence-electron chi connectivity index (χ1n) is 8.05. The van der Waals surface area contributed by atoms with Crippen molar-refractivity contribution in [2.75, 3.05) is 33.0 Å². The molecule has 0 saturated heterocycles. The van der Waals surface area contributed by atoms with E-state index in [0.29, 0.717) is 25.9 Å². The molecule has 1 aromatic rings. The third-order valence-electron chi connectivity index (χ3n) is 3.67. The molecule has 4 heteroatoms. The van der Waals surface area contributed by atoms with Crippen molar-refractivity contribution in [2.24, 2.45) is 0 Å². The Hall–Kier alpha value is -1.26. The molecule has 0 amide bonds. The van der Waals surface area contributed by atoms with E-state index in [-0.39, 0.29) is 0 Å². The molecule has 1 aliphatic carbocycles. The minimum Gasteiger partial charge on any atom is -0.494 e. The molecule has 1 aliphatic rings. The largest absolute Gasteiger partial charge is 0.494 e. The van der Waals surface area contributed by atoms with Crippen LogP contribution in [0.1, 0.15) is 32.6 Å². The molecule has 0 spiro atoms. The Labute approximate surface area is 127 Å². The van der Waals surface area contributed by atoms with Crippen molar-refractivity contribution in [3.63, 3.8) is 0 Å². The molecule has 0 bridgehead atoms. The van der Waals surface area contributed by atoms with E-state index in [9.17, 15) is 0 Å². The molecule has 1 fully saturated rings. The van der Waals surface area contributed by atoms with Gasteiger partial charge in [-0.1, -0.05) is 12.8 Å². The van der Waals surface area contributed by atoms with Crippen molar-refractivity contribution in [3.8, 4) is 11.5 Å². The van der Waals surface area contributed by atoms with Crippen molar-refractivity contribution in [2.45, 2.75) is 38.6 Å². The van der Waals surface area contributed by atoms with Gasteiger partial charge in [0.2, 0.25) is 0 Å². The van der Waals surface area contributed by atoms with Crippen LogP contribution in [0.5, 0.6) is 11.5 Å². The molecule has 0 radical (unpaired) electrons. The molecule has 21 heavy (non-hydrogen) atoms. The first-order chi connectivity index (χ1) is 10.4. The monoisotopic (exact) mass is 293 g/mol. The maximum Gasteiger partial charge on any atom is 0.119 e. The standard InChI is InChI=1S/C17H27NO3/c1-2-20-16-7-9-17(10-8-16)21-14-13-19-12-11-18-15-5-3-4-6-15/h7-10,15,18H,2-6,11-14H2,1H3. The minimum atomic E-state index is 0.581. The van der Waals surface area contributed by atoms with Gasteiger partial charge in [-0.15, -0.1) is 0 Å². The quantitative estimate of drug-likeness (QED) is 0.673. The van der Waals surface area contributed by atoms with Crippen LogP contribution in [0.2, 0.25) is 0 Å². The van der Waals surface area contributed by atoms with Crippen LogP contribution in [0.25, 0.3) is 0 Å². The molecule has 1 aromatic carbocycles. The third-order valence-corrected chi connectivity index (χ3v) is 3.67. The smallest absolute Gasteiger partial charge is 0.119 e. The molecule has 4 nitrogen and oxygen atoms in total. The average Bonchev–Trinajstić information content (AvgIpc) is 3.01. The summed E-state index contributed by atoms with van der Waals surface area (Å²) in [7, 11) is 0. The fourth-order valence-corrected chi connectivity index (χ4v) is 2.58. The summed E-state index contributed by atoms with van der Waals surface area (Å²) < 4.78 is 16.6. The topological polar surface area (TPSA) is 39.7 Å². The molecular weight excluding hydrogens is 266 g/mol. The number of hydrogen-bond donors (Lipinski definition) is 1. The predicted molar refractivity (Wildman–Crippen MR) is 84.2 cm³/mol. The van der Waals surface area contributed by atoms with E-state index in [1.54, 1.807) is 0 Å². The van der Waals surface area contributed by atoms with Gasteiger partial charge in [0, 0.05) is 12.6 Å². The highest BCUT2D eigenvalue weighted by atomic mass is 16.5. The summed E-state index contributed by atoms with van der Waals surface area (Å²) in [6, 6.07) is 8.41. The van der Waals surface area contributed by atoms with Gasteiger partial charge in [-0.25, -0.2) is 0 Å². The minimum absolute atomic E-state index is 0.581. The Morgan fingerprint density at radius 3 is 2.29 bits per heavy atom. The predicted octanol–water partition coefficient (Wildman–Crippen LogP) is 3.01. The van der Waals surface area contributed by atoms with Gasteiger partial charge in [-0.2, -0.15) is 0 Å². The van der Waals surface area contributed by atoms with Crippen molar-refractivity contribution in [1.29, 1.82) is 0 Å². The van der Waals surface area contributed by atoms with Crippen LogP contribution in [0.4, 0.5) is 0 Å². The van der Waals surface area contributed by atoms with Crippen LogP contribution in [0.15, 0.2) is 24.3 Å². The molecular formula is C17H27NO3. The van der Waals surface area contributed by atoms with Gasteiger partial charge in [-0.3, -0.25) is 0 Å². The van der Waals surface area contributed by atoms with Crippen molar-refractivity contribution < 1.29 is 14.2 Å². The maximum absolute atomic E-state index is 5.62. The van der Waals surface area contributed by atoms with Gasteiger partial charge in [0.1, 0.15) is 18.1 Å². The van der Waals surface area contributed by atoms with Gasteiger partial charge >= 0.3 is 0 Å². The highest BCUT2D eigenvalue weighted by Crippen LogP contribution is 2.18. The molecule has 0 aromatic heterocycles. The average molecular weight is 293 g/mol. The first-order valence-corrected chi connectivity index (χ1v) is 8.05. The summed E-state index contributed by atoms with van der Waals surface area (Å²) in [5.41, 5.74) is 0. The Kier molecular flexibility index (Phi) is 7.39.